The van der Waals surface area contributed by atoms with Crippen LogP contribution >= 0.6 is 0 Å². The molecule has 0 spiro atoms. The first-order chi connectivity index (χ1) is 15.1. The van der Waals surface area contributed by atoms with Crippen LogP contribution in [0.4, 0.5) is 0 Å². The number of aromatic nitrogens is 3. The Bertz CT molecular complexity index is 1240. The van der Waals surface area contributed by atoms with E-state index in [0.717, 1.165) is 27.8 Å². The molecule has 158 valence electrons. The third kappa shape index (κ3) is 3.67. The fraction of sp³-hybridized carbons (Fsp3) is 0.292. The van der Waals surface area contributed by atoms with Gasteiger partial charge in [0.25, 0.3) is 0 Å². The standard InChI is InChI=1S/C24H24N4O3/c1-27-13-17(19-8-4-5-9-20(19)27)12-23(29)28-14-18(15-28)24-25-22(26-31-24)11-16-7-3-6-10-21(16)30-2/h3-10,13,18H,11-12,14-15H2,1-2H3. The molecule has 0 bridgehead atoms. The number of para-hydroxylation sites is 2. The third-order valence-electron chi connectivity index (χ3n) is 5.93. The number of aryl methyl sites for hydroxylation is 1. The minimum absolute atomic E-state index is 0.0930. The average Bonchev–Trinajstić information content (AvgIpc) is 3.32. The van der Waals surface area contributed by atoms with Crippen LogP contribution in [0, 0.1) is 0 Å². The Labute approximate surface area is 180 Å². The molecule has 1 aliphatic rings. The number of likely N-dealkylation sites (tertiary alicyclic amines) is 1. The summed E-state index contributed by atoms with van der Waals surface area (Å²) in [7, 11) is 3.66. The van der Waals surface area contributed by atoms with Crippen molar-refractivity contribution in [3.8, 4) is 5.75 Å². The van der Waals surface area contributed by atoms with Crippen LogP contribution in [0.3, 0.4) is 0 Å². The number of hydrogen-bond donors (Lipinski definition) is 0. The Morgan fingerprint density at radius 2 is 1.90 bits per heavy atom. The first kappa shape index (κ1) is 19.4. The highest BCUT2D eigenvalue weighted by Crippen LogP contribution is 2.28. The molecule has 1 amide bonds. The molecule has 3 heterocycles. The quantitative estimate of drug-likeness (QED) is 0.482. The molecule has 31 heavy (non-hydrogen) atoms. The summed E-state index contributed by atoms with van der Waals surface area (Å²) in [6.07, 6.45) is 2.99. The largest absolute Gasteiger partial charge is 0.496 e. The zero-order valence-corrected chi connectivity index (χ0v) is 17.6. The molecular formula is C24H24N4O3. The van der Waals surface area contributed by atoms with Crippen molar-refractivity contribution in [1.29, 1.82) is 0 Å². The van der Waals surface area contributed by atoms with Crippen molar-refractivity contribution in [2.45, 2.75) is 18.8 Å². The van der Waals surface area contributed by atoms with Crippen LogP contribution in [0.2, 0.25) is 0 Å². The van der Waals surface area contributed by atoms with Crippen LogP contribution in [-0.2, 0) is 24.7 Å². The molecule has 2 aromatic heterocycles. The molecule has 0 atom stereocenters. The maximum atomic E-state index is 12.8. The van der Waals surface area contributed by atoms with E-state index in [1.807, 2.05) is 54.5 Å². The second-order valence-corrected chi connectivity index (χ2v) is 7.99. The smallest absolute Gasteiger partial charge is 0.233 e. The molecule has 2 aromatic carbocycles. The molecule has 7 nitrogen and oxygen atoms in total. The number of fused-ring (bicyclic) bond motifs is 1. The van der Waals surface area contributed by atoms with Crippen molar-refractivity contribution in [1.82, 2.24) is 19.6 Å². The minimum atomic E-state index is 0.0930. The molecule has 0 N–H and O–H groups in total. The van der Waals surface area contributed by atoms with Gasteiger partial charge in [0.15, 0.2) is 5.82 Å². The lowest BCUT2D eigenvalue weighted by Crippen LogP contribution is -2.49. The van der Waals surface area contributed by atoms with Gasteiger partial charge in [0.2, 0.25) is 11.8 Å². The lowest BCUT2D eigenvalue weighted by atomic mass is 9.98. The molecule has 0 saturated carbocycles. The summed E-state index contributed by atoms with van der Waals surface area (Å²) in [5.41, 5.74) is 3.21. The Morgan fingerprint density at radius 3 is 2.74 bits per heavy atom. The molecule has 7 heteroatoms. The number of nitrogens with zero attached hydrogens (tertiary/aromatic N) is 4. The van der Waals surface area contributed by atoms with Crippen molar-refractivity contribution in [3.05, 3.63) is 77.6 Å². The topological polar surface area (TPSA) is 73.4 Å². The maximum Gasteiger partial charge on any atom is 0.233 e. The summed E-state index contributed by atoms with van der Waals surface area (Å²) in [5.74, 6) is 2.25. The van der Waals surface area contributed by atoms with Crippen molar-refractivity contribution in [3.63, 3.8) is 0 Å². The summed E-state index contributed by atoms with van der Waals surface area (Å²) in [6, 6.07) is 16.0. The molecule has 1 saturated heterocycles. The van der Waals surface area contributed by atoms with Crippen LogP contribution in [0.15, 0.2) is 59.3 Å². The number of ether oxygens (including phenoxy) is 1. The highest BCUT2D eigenvalue weighted by molar-refractivity contribution is 5.89. The molecule has 1 fully saturated rings. The summed E-state index contributed by atoms with van der Waals surface area (Å²) >= 11 is 0. The Kier molecular flexibility index (Phi) is 4.94. The van der Waals surface area contributed by atoms with Crippen LogP contribution in [0.25, 0.3) is 10.9 Å². The Morgan fingerprint density at radius 1 is 1.13 bits per heavy atom. The third-order valence-corrected chi connectivity index (χ3v) is 5.93. The van der Waals surface area contributed by atoms with Crippen LogP contribution in [0.1, 0.15) is 28.8 Å². The predicted octanol–water partition coefficient (Wildman–Crippen LogP) is 3.33. The molecule has 0 radical (unpaired) electrons. The van der Waals surface area contributed by atoms with Crippen molar-refractivity contribution in [2.75, 3.05) is 20.2 Å². The van der Waals surface area contributed by atoms with Crippen LogP contribution < -0.4 is 4.74 Å². The second kappa shape index (κ2) is 7.91. The molecule has 0 unspecified atom stereocenters. The fourth-order valence-electron chi connectivity index (χ4n) is 4.20. The number of amides is 1. The SMILES string of the molecule is COc1ccccc1Cc1noc(C2CN(C(=O)Cc3cn(C)c4ccccc34)C2)n1. The van der Waals surface area contributed by atoms with Gasteiger partial charge in [-0.25, -0.2) is 0 Å². The van der Waals surface area contributed by atoms with Crippen molar-refractivity contribution >= 4 is 16.8 Å². The van der Waals surface area contributed by atoms with Gasteiger partial charge in [-0.3, -0.25) is 4.79 Å². The molecule has 0 aliphatic carbocycles. The van der Waals surface area contributed by atoms with E-state index in [1.54, 1.807) is 7.11 Å². The van der Waals surface area contributed by atoms with E-state index < -0.39 is 0 Å². The van der Waals surface area contributed by atoms with Gasteiger partial charge in [0.1, 0.15) is 5.75 Å². The molecule has 4 aromatic rings. The number of hydrogen-bond acceptors (Lipinski definition) is 5. The number of carbonyl (C=O) groups excluding carboxylic acids is 1. The van der Waals surface area contributed by atoms with E-state index in [-0.39, 0.29) is 11.8 Å². The van der Waals surface area contributed by atoms with Crippen molar-refractivity contribution in [2.24, 2.45) is 7.05 Å². The number of carbonyl (C=O) groups is 1. The Hall–Kier alpha value is -3.61. The van der Waals surface area contributed by atoms with Crippen LogP contribution in [0.5, 0.6) is 5.75 Å². The summed E-state index contributed by atoms with van der Waals surface area (Å²) in [6.45, 7) is 1.22. The molecule has 1 aliphatic heterocycles. The lowest BCUT2D eigenvalue weighted by molar-refractivity contribution is -0.135. The summed E-state index contributed by atoms with van der Waals surface area (Å²) in [5, 5.41) is 5.25. The monoisotopic (exact) mass is 416 g/mol. The molecular weight excluding hydrogens is 392 g/mol. The first-order valence-electron chi connectivity index (χ1n) is 10.4. The van der Waals surface area contributed by atoms with Gasteiger partial charge >= 0.3 is 0 Å². The predicted molar refractivity (Wildman–Crippen MR) is 116 cm³/mol. The number of methoxy groups -OCH3 is 1. The first-order valence-corrected chi connectivity index (χ1v) is 10.4. The fourth-order valence-corrected chi connectivity index (χ4v) is 4.20. The van der Waals surface area contributed by atoms with E-state index in [4.69, 9.17) is 9.26 Å². The van der Waals surface area contributed by atoms with Gasteiger partial charge in [0, 0.05) is 49.2 Å². The van der Waals surface area contributed by atoms with Crippen molar-refractivity contribution < 1.29 is 14.1 Å². The van der Waals surface area contributed by atoms with E-state index in [1.165, 1.54) is 0 Å². The normalized spacial score (nSPS) is 14.1. The summed E-state index contributed by atoms with van der Waals surface area (Å²) < 4.78 is 12.9. The van der Waals surface area contributed by atoms with Gasteiger partial charge in [-0.05, 0) is 17.7 Å². The van der Waals surface area contributed by atoms with Gasteiger partial charge in [-0.2, -0.15) is 4.98 Å². The zero-order chi connectivity index (χ0) is 21.4. The van der Waals surface area contributed by atoms with Crippen LogP contribution in [-0.4, -0.2) is 45.7 Å². The van der Waals surface area contributed by atoms with E-state index >= 15 is 0 Å². The summed E-state index contributed by atoms with van der Waals surface area (Å²) in [4.78, 5) is 19.2. The second-order valence-electron chi connectivity index (χ2n) is 7.99. The number of rotatable bonds is 6. The van der Waals surface area contributed by atoms with E-state index in [0.29, 0.717) is 37.6 Å². The lowest BCUT2D eigenvalue weighted by Gasteiger charge is -2.37. The molecule has 5 rings (SSSR count). The highest BCUT2D eigenvalue weighted by atomic mass is 16.5. The minimum Gasteiger partial charge on any atom is -0.496 e. The van der Waals surface area contributed by atoms with Gasteiger partial charge in [-0.15, -0.1) is 0 Å². The maximum absolute atomic E-state index is 12.8. The van der Waals surface area contributed by atoms with E-state index in [2.05, 4.69) is 26.8 Å². The zero-order valence-electron chi connectivity index (χ0n) is 17.6. The van der Waals surface area contributed by atoms with Gasteiger partial charge in [0.05, 0.1) is 19.4 Å². The average molecular weight is 416 g/mol. The highest BCUT2D eigenvalue weighted by Gasteiger charge is 2.35. The van der Waals surface area contributed by atoms with Gasteiger partial charge in [-0.1, -0.05) is 41.6 Å². The Balaban J connectivity index is 1.20. The van der Waals surface area contributed by atoms with Gasteiger partial charge < -0.3 is 18.7 Å². The number of benzene rings is 2. The van der Waals surface area contributed by atoms with E-state index in [9.17, 15) is 4.79 Å².